The molecular weight excluding hydrogens is 481 g/mol. The van der Waals surface area contributed by atoms with E-state index in [-0.39, 0.29) is 19.0 Å². The van der Waals surface area contributed by atoms with Crippen LogP contribution in [-0.2, 0) is 29.2 Å². The number of ether oxygens (including phenoxy) is 2. The van der Waals surface area contributed by atoms with E-state index in [1.165, 1.54) is 23.3 Å². The number of fused-ring (bicyclic) bond motifs is 1. The molecule has 1 aliphatic rings. The number of unbranched alkanes of at least 4 members (excludes halogenated alkanes) is 1. The first-order valence-electron chi connectivity index (χ1n) is 10.3. The van der Waals surface area contributed by atoms with Gasteiger partial charge in [-0.1, -0.05) is 12.1 Å². The number of rotatable bonds is 9. The van der Waals surface area contributed by atoms with Crippen LogP contribution >= 0.6 is 12.4 Å². The van der Waals surface area contributed by atoms with Gasteiger partial charge in [0.05, 0.1) is 24.7 Å². The van der Waals surface area contributed by atoms with E-state index in [2.05, 4.69) is 9.62 Å². The Labute approximate surface area is 198 Å². The Morgan fingerprint density at radius 3 is 2.30 bits per heavy atom. The van der Waals surface area contributed by atoms with Crippen LogP contribution in [0.3, 0.4) is 0 Å². The third kappa shape index (κ3) is 6.75. The maximum Gasteiger partial charge on any atom is 0.417 e. The molecule has 2 aromatic carbocycles. The van der Waals surface area contributed by atoms with Crippen LogP contribution < -0.4 is 14.2 Å². The molecule has 1 aliphatic heterocycles. The topological polar surface area (TPSA) is 67.9 Å². The fraction of sp³-hybridized carbons (Fsp3) is 0.455. The van der Waals surface area contributed by atoms with Crippen LogP contribution in [0, 0.1) is 0 Å². The predicted octanol–water partition coefficient (Wildman–Crippen LogP) is 4.26. The molecule has 0 saturated heterocycles. The molecular formula is C22H28ClF3N2O4S. The SMILES string of the molecule is COc1cc2c(cc1OC)CN(CCCCNS(=O)(=O)c1ccccc1C(F)(F)F)CC2.Cl. The lowest BCUT2D eigenvalue weighted by molar-refractivity contribution is -0.139. The Balaban J connectivity index is 0.00000385. The number of benzene rings is 2. The molecule has 0 saturated carbocycles. The minimum atomic E-state index is -4.73. The predicted molar refractivity (Wildman–Crippen MR) is 122 cm³/mol. The molecule has 0 radical (unpaired) electrons. The van der Waals surface area contributed by atoms with Gasteiger partial charge in [0.2, 0.25) is 10.0 Å². The van der Waals surface area contributed by atoms with Gasteiger partial charge in [0.15, 0.2) is 11.5 Å². The number of methoxy groups -OCH3 is 2. The molecule has 0 spiro atoms. The number of hydrogen-bond donors (Lipinski definition) is 1. The van der Waals surface area contributed by atoms with Crippen molar-refractivity contribution in [3.8, 4) is 11.5 Å². The van der Waals surface area contributed by atoms with Crippen LogP contribution in [0.25, 0.3) is 0 Å². The van der Waals surface area contributed by atoms with Gasteiger partial charge in [-0.05, 0) is 61.2 Å². The van der Waals surface area contributed by atoms with Gasteiger partial charge in [0.25, 0.3) is 0 Å². The molecule has 1 heterocycles. The Hall–Kier alpha value is -2.01. The fourth-order valence-corrected chi connectivity index (χ4v) is 5.11. The lowest BCUT2D eigenvalue weighted by Gasteiger charge is -2.29. The lowest BCUT2D eigenvalue weighted by Crippen LogP contribution is -2.32. The second kappa shape index (κ2) is 11.4. The zero-order valence-electron chi connectivity index (χ0n) is 18.4. The van der Waals surface area contributed by atoms with Gasteiger partial charge in [0, 0.05) is 19.6 Å². The van der Waals surface area contributed by atoms with E-state index in [4.69, 9.17) is 9.47 Å². The number of sulfonamides is 1. The summed E-state index contributed by atoms with van der Waals surface area (Å²) in [5, 5.41) is 0. The fourth-order valence-electron chi connectivity index (χ4n) is 3.81. The van der Waals surface area contributed by atoms with Crippen molar-refractivity contribution in [1.29, 1.82) is 0 Å². The lowest BCUT2D eigenvalue weighted by atomic mass is 9.98. The van der Waals surface area contributed by atoms with E-state index in [9.17, 15) is 21.6 Å². The smallest absolute Gasteiger partial charge is 0.417 e. The van der Waals surface area contributed by atoms with Crippen molar-refractivity contribution in [3.63, 3.8) is 0 Å². The van der Waals surface area contributed by atoms with Gasteiger partial charge >= 0.3 is 6.18 Å². The summed E-state index contributed by atoms with van der Waals surface area (Å²) in [7, 11) is -1.04. The highest BCUT2D eigenvalue weighted by Gasteiger charge is 2.36. The van der Waals surface area contributed by atoms with E-state index in [1.54, 1.807) is 14.2 Å². The highest BCUT2D eigenvalue weighted by atomic mass is 35.5. The molecule has 6 nitrogen and oxygen atoms in total. The van der Waals surface area contributed by atoms with Crippen molar-refractivity contribution in [2.45, 2.75) is 36.9 Å². The average Bonchev–Trinajstić information content (AvgIpc) is 2.77. The Kier molecular flexibility index (Phi) is 9.42. The first-order valence-corrected chi connectivity index (χ1v) is 11.8. The molecule has 1 N–H and O–H groups in total. The van der Waals surface area contributed by atoms with E-state index >= 15 is 0 Å². The number of nitrogens with one attached hydrogen (secondary N) is 1. The number of nitrogens with zero attached hydrogens (tertiary/aromatic N) is 1. The van der Waals surface area contributed by atoms with Gasteiger partial charge in [-0.3, -0.25) is 4.90 Å². The van der Waals surface area contributed by atoms with Crippen LogP contribution in [0.5, 0.6) is 11.5 Å². The molecule has 11 heteroatoms. The molecule has 0 fully saturated rings. The zero-order chi connectivity index (χ0) is 23.4. The molecule has 33 heavy (non-hydrogen) atoms. The average molecular weight is 509 g/mol. The minimum Gasteiger partial charge on any atom is -0.493 e. The molecule has 0 amide bonds. The standard InChI is InChI=1S/C22H27F3N2O4S.ClH/c1-30-19-13-16-9-12-27(15-17(16)14-20(19)31-2)11-6-5-10-26-32(28,29)21-8-4-3-7-18(21)22(23,24)25;/h3-4,7-8,13-14,26H,5-6,9-12,15H2,1-2H3;1H. The maximum atomic E-state index is 13.1. The number of hydrogen-bond acceptors (Lipinski definition) is 5. The van der Waals surface area contributed by atoms with Crippen LogP contribution in [0.4, 0.5) is 13.2 Å². The summed E-state index contributed by atoms with van der Waals surface area (Å²) in [5.74, 6) is 1.39. The summed E-state index contributed by atoms with van der Waals surface area (Å²) in [5.41, 5.74) is 1.22. The van der Waals surface area contributed by atoms with E-state index in [0.29, 0.717) is 24.3 Å². The third-order valence-electron chi connectivity index (χ3n) is 5.47. The summed E-state index contributed by atoms with van der Waals surface area (Å²) >= 11 is 0. The van der Waals surface area contributed by atoms with Crippen molar-refractivity contribution in [2.24, 2.45) is 0 Å². The summed E-state index contributed by atoms with van der Waals surface area (Å²) < 4.78 is 77.1. The van der Waals surface area contributed by atoms with Crippen LogP contribution in [0.1, 0.15) is 29.5 Å². The van der Waals surface area contributed by atoms with Crippen molar-refractivity contribution in [3.05, 3.63) is 53.1 Å². The van der Waals surface area contributed by atoms with Crippen molar-refractivity contribution < 1.29 is 31.1 Å². The van der Waals surface area contributed by atoms with Gasteiger partial charge in [-0.25, -0.2) is 13.1 Å². The normalized spacial score (nSPS) is 14.3. The molecule has 3 rings (SSSR count). The minimum absolute atomic E-state index is 0. The monoisotopic (exact) mass is 508 g/mol. The Morgan fingerprint density at radius 2 is 1.67 bits per heavy atom. The second-order valence-corrected chi connectivity index (χ2v) is 9.34. The zero-order valence-corrected chi connectivity index (χ0v) is 20.1. The Bertz CT molecular complexity index is 1050. The van der Waals surface area contributed by atoms with Gasteiger partial charge in [-0.15, -0.1) is 12.4 Å². The summed E-state index contributed by atoms with van der Waals surface area (Å²) in [6.45, 7) is 2.45. The Morgan fingerprint density at radius 1 is 1.03 bits per heavy atom. The van der Waals surface area contributed by atoms with Crippen LogP contribution in [0.15, 0.2) is 41.3 Å². The van der Waals surface area contributed by atoms with E-state index < -0.39 is 26.7 Å². The number of alkyl halides is 3. The largest absolute Gasteiger partial charge is 0.493 e. The highest BCUT2D eigenvalue weighted by molar-refractivity contribution is 7.89. The third-order valence-corrected chi connectivity index (χ3v) is 6.99. The molecule has 2 aromatic rings. The quantitative estimate of drug-likeness (QED) is 0.513. The molecule has 184 valence electrons. The van der Waals surface area contributed by atoms with Gasteiger partial charge in [-0.2, -0.15) is 13.2 Å². The summed E-state index contributed by atoms with van der Waals surface area (Å²) in [4.78, 5) is 1.52. The van der Waals surface area contributed by atoms with E-state index in [1.807, 2.05) is 12.1 Å². The van der Waals surface area contributed by atoms with Crippen molar-refractivity contribution >= 4 is 22.4 Å². The van der Waals surface area contributed by atoms with Crippen molar-refractivity contribution in [1.82, 2.24) is 9.62 Å². The molecule has 0 aliphatic carbocycles. The second-order valence-electron chi connectivity index (χ2n) is 7.60. The van der Waals surface area contributed by atoms with Crippen LogP contribution in [0.2, 0.25) is 0 Å². The molecule has 0 atom stereocenters. The first kappa shape index (κ1) is 27.2. The summed E-state index contributed by atoms with van der Waals surface area (Å²) in [6.07, 6.45) is -2.63. The number of halogens is 4. The van der Waals surface area contributed by atoms with Gasteiger partial charge in [0.1, 0.15) is 0 Å². The summed E-state index contributed by atoms with van der Waals surface area (Å²) in [6, 6.07) is 8.17. The van der Waals surface area contributed by atoms with Gasteiger partial charge < -0.3 is 9.47 Å². The molecule has 0 bridgehead atoms. The van der Waals surface area contributed by atoms with Crippen LogP contribution in [-0.4, -0.2) is 47.2 Å². The maximum absolute atomic E-state index is 13.1. The highest BCUT2D eigenvalue weighted by Crippen LogP contribution is 2.34. The first-order chi connectivity index (χ1) is 15.2. The van der Waals surface area contributed by atoms with E-state index in [0.717, 1.165) is 38.2 Å². The van der Waals surface area contributed by atoms with Crippen molar-refractivity contribution in [2.75, 3.05) is 33.9 Å². The molecule has 0 unspecified atom stereocenters. The molecule has 0 aromatic heterocycles.